The summed E-state index contributed by atoms with van der Waals surface area (Å²) in [4.78, 5) is 23.1. The van der Waals surface area contributed by atoms with Gasteiger partial charge in [-0.25, -0.2) is 9.97 Å². The zero-order chi connectivity index (χ0) is 14.7. The van der Waals surface area contributed by atoms with Crippen LogP contribution in [-0.2, 0) is 0 Å². The van der Waals surface area contributed by atoms with E-state index in [0.29, 0.717) is 11.5 Å². The predicted octanol–water partition coefficient (Wildman–Crippen LogP) is 1.26. The summed E-state index contributed by atoms with van der Waals surface area (Å²) in [5.74, 6) is 0.598. The number of likely N-dealkylation sites (tertiary alicyclic amines) is 1. The minimum Gasteiger partial charge on any atom is -0.369 e. The van der Waals surface area contributed by atoms with Crippen molar-refractivity contribution in [3.8, 4) is 0 Å². The molecule has 2 N–H and O–H groups in total. The van der Waals surface area contributed by atoms with Crippen molar-refractivity contribution in [2.45, 2.75) is 44.7 Å². The normalized spacial score (nSPS) is 22.2. The van der Waals surface area contributed by atoms with Crippen LogP contribution in [0.2, 0.25) is 0 Å². The van der Waals surface area contributed by atoms with E-state index in [1.54, 1.807) is 12.4 Å². The first kappa shape index (κ1) is 14.3. The zero-order valence-electron chi connectivity index (χ0n) is 12.5. The quantitative estimate of drug-likeness (QED) is 0.825. The maximum Gasteiger partial charge on any atom is 0.271 e. The van der Waals surface area contributed by atoms with E-state index in [4.69, 9.17) is 0 Å². The minimum atomic E-state index is -0.118. The molecule has 1 aliphatic heterocycles. The average Bonchev–Trinajstić information content (AvgIpc) is 3.26. The second-order valence-corrected chi connectivity index (χ2v) is 5.90. The van der Waals surface area contributed by atoms with Crippen molar-refractivity contribution in [2.75, 3.05) is 25.0 Å². The van der Waals surface area contributed by atoms with Crippen molar-refractivity contribution in [1.29, 1.82) is 0 Å². The van der Waals surface area contributed by atoms with Gasteiger partial charge in [0.2, 0.25) is 0 Å². The molecule has 0 bridgehead atoms. The molecule has 1 unspecified atom stereocenters. The molecule has 1 aromatic heterocycles. The Kier molecular flexibility index (Phi) is 4.34. The molecule has 1 saturated heterocycles. The van der Waals surface area contributed by atoms with Gasteiger partial charge in [0.05, 0.1) is 12.4 Å². The number of nitrogens with one attached hydrogen (secondary N) is 2. The van der Waals surface area contributed by atoms with Gasteiger partial charge in [0.1, 0.15) is 11.5 Å². The molecule has 1 aliphatic carbocycles. The fraction of sp³-hybridized carbons (Fsp3) is 0.667. The molecule has 21 heavy (non-hydrogen) atoms. The number of anilines is 1. The summed E-state index contributed by atoms with van der Waals surface area (Å²) >= 11 is 0. The molecule has 0 spiro atoms. The van der Waals surface area contributed by atoms with Crippen LogP contribution in [0, 0.1) is 0 Å². The molecule has 0 aromatic carbocycles. The van der Waals surface area contributed by atoms with Crippen LogP contribution in [-0.4, -0.2) is 52.5 Å². The SMILES string of the molecule is CCCNc1cnc(C(=O)NC2CCN(C3CC3)C2)cn1. The molecule has 2 heterocycles. The number of hydrogen-bond donors (Lipinski definition) is 2. The number of hydrogen-bond acceptors (Lipinski definition) is 5. The molecule has 2 fully saturated rings. The first-order valence-electron chi connectivity index (χ1n) is 7.87. The van der Waals surface area contributed by atoms with Crippen LogP contribution in [0.25, 0.3) is 0 Å². The molecule has 6 heteroatoms. The fourth-order valence-electron chi connectivity index (χ4n) is 2.73. The Labute approximate surface area is 125 Å². The Bertz CT molecular complexity index is 485. The molecule has 3 rings (SSSR count). The zero-order valence-corrected chi connectivity index (χ0v) is 12.5. The number of aromatic nitrogens is 2. The second-order valence-electron chi connectivity index (χ2n) is 5.90. The highest BCUT2D eigenvalue weighted by Gasteiger charge is 2.34. The lowest BCUT2D eigenvalue weighted by Crippen LogP contribution is -2.37. The third kappa shape index (κ3) is 3.69. The molecule has 2 aliphatic rings. The monoisotopic (exact) mass is 289 g/mol. The topological polar surface area (TPSA) is 70.2 Å². The molecule has 1 aromatic rings. The largest absolute Gasteiger partial charge is 0.369 e. The molecule has 114 valence electrons. The highest BCUT2D eigenvalue weighted by Crippen LogP contribution is 2.29. The number of amides is 1. The van der Waals surface area contributed by atoms with Crippen LogP contribution < -0.4 is 10.6 Å². The molecule has 6 nitrogen and oxygen atoms in total. The van der Waals surface area contributed by atoms with Crippen molar-refractivity contribution in [2.24, 2.45) is 0 Å². The predicted molar refractivity (Wildman–Crippen MR) is 81.3 cm³/mol. The Morgan fingerprint density at radius 2 is 2.19 bits per heavy atom. The summed E-state index contributed by atoms with van der Waals surface area (Å²) in [6.45, 7) is 5.02. The molecular formula is C15H23N5O. The van der Waals surface area contributed by atoms with Crippen molar-refractivity contribution in [3.05, 3.63) is 18.1 Å². The van der Waals surface area contributed by atoms with Crippen LogP contribution in [0.4, 0.5) is 5.82 Å². The third-order valence-corrected chi connectivity index (χ3v) is 4.06. The molecule has 0 radical (unpaired) electrons. The number of carbonyl (C=O) groups excluding carboxylic acids is 1. The van der Waals surface area contributed by atoms with Crippen LogP contribution in [0.15, 0.2) is 12.4 Å². The van der Waals surface area contributed by atoms with E-state index in [9.17, 15) is 4.79 Å². The van der Waals surface area contributed by atoms with E-state index in [1.807, 2.05) is 0 Å². The summed E-state index contributed by atoms with van der Waals surface area (Å²) in [5.41, 5.74) is 0.391. The first-order valence-corrected chi connectivity index (χ1v) is 7.87. The summed E-state index contributed by atoms with van der Waals surface area (Å²) in [6.07, 6.45) is 7.86. The Morgan fingerprint density at radius 1 is 1.33 bits per heavy atom. The van der Waals surface area contributed by atoms with Crippen molar-refractivity contribution in [3.63, 3.8) is 0 Å². The number of nitrogens with zero attached hydrogens (tertiary/aromatic N) is 3. The van der Waals surface area contributed by atoms with Gasteiger partial charge in [-0.3, -0.25) is 9.69 Å². The van der Waals surface area contributed by atoms with Gasteiger partial charge in [-0.05, 0) is 25.7 Å². The maximum absolute atomic E-state index is 12.2. The average molecular weight is 289 g/mol. The van der Waals surface area contributed by atoms with Crippen LogP contribution in [0.1, 0.15) is 43.1 Å². The van der Waals surface area contributed by atoms with Gasteiger partial charge in [-0.1, -0.05) is 6.92 Å². The van der Waals surface area contributed by atoms with Crippen LogP contribution in [0.3, 0.4) is 0 Å². The maximum atomic E-state index is 12.2. The molecular weight excluding hydrogens is 266 g/mol. The van der Waals surface area contributed by atoms with Gasteiger partial charge in [0, 0.05) is 31.7 Å². The van der Waals surface area contributed by atoms with Gasteiger partial charge in [-0.2, -0.15) is 0 Å². The van der Waals surface area contributed by atoms with E-state index in [2.05, 4.69) is 32.4 Å². The van der Waals surface area contributed by atoms with Gasteiger partial charge >= 0.3 is 0 Å². The van der Waals surface area contributed by atoms with Gasteiger partial charge in [-0.15, -0.1) is 0 Å². The molecule has 1 atom stereocenters. The van der Waals surface area contributed by atoms with E-state index in [-0.39, 0.29) is 11.9 Å². The summed E-state index contributed by atoms with van der Waals surface area (Å²) < 4.78 is 0. The Balaban J connectivity index is 1.50. The van der Waals surface area contributed by atoms with Gasteiger partial charge in [0.25, 0.3) is 5.91 Å². The van der Waals surface area contributed by atoms with E-state index in [0.717, 1.165) is 38.5 Å². The van der Waals surface area contributed by atoms with Gasteiger partial charge in [0.15, 0.2) is 0 Å². The highest BCUT2D eigenvalue weighted by atomic mass is 16.2. The lowest BCUT2D eigenvalue weighted by atomic mass is 10.2. The summed E-state index contributed by atoms with van der Waals surface area (Å²) in [6, 6.07) is 1.02. The van der Waals surface area contributed by atoms with E-state index in [1.165, 1.54) is 12.8 Å². The second kappa shape index (κ2) is 6.39. The van der Waals surface area contributed by atoms with Crippen molar-refractivity contribution >= 4 is 11.7 Å². The third-order valence-electron chi connectivity index (χ3n) is 4.06. The van der Waals surface area contributed by atoms with Crippen LogP contribution >= 0.6 is 0 Å². The minimum absolute atomic E-state index is 0.118. The number of rotatable bonds is 6. The number of carbonyl (C=O) groups is 1. The van der Waals surface area contributed by atoms with E-state index >= 15 is 0 Å². The van der Waals surface area contributed by atoms with Crippen molar-refractivity contribution < 1.29 is 4.79 Å². The molecule has 1 saturated carbocycles. The van der Waals surface area contributed by atoms with Gasteiger partial charge < -0.3 is 10.6 Å². The van der Waals surface area contributed by atoms with Crippen molar-refractivity contribution in [1.82, 2.24) is 20.2 Å². The summed E-state index contributed by atoms with van der Waals surface area (Å²) in [5, 5.41) is 6.21. The fourth-order valence-corrected chi connectivity index (χ4v) is 2.73. The summed E-state index contributed by atoms with van der Waals surface area (Å²) in [7, 11) is 0. The van der Waals surface area contributed by atoms with Crippen LogP contribution in [0.5, 0.6) is 0 Å². The standard InChI is InChI=1S/C15H23N5O/c1-2-6-16-14-9-17-13(8-18-14)15(21)19-11-5-7-20(10-11)12-3-4-12/h8-9,11-12H,2-7,10H2,1H3,(H,16,18)(H,19,21). The molecule has 1 amide bonds. The Hall–Kier alpha value is -1.69. The lowest BCUT2D eigenvalue weighted by Gasteiger charge is -2.15. The first-order chi connectivity index (χ1) is 10.3. The van der Waals surface area contributed by atoms with E-state index < -0.39 is 0 Å². The lowest BCUT2D eigenvalue weighted by molar-refractivity contribution is 0.0932. The smallest absolute Gasteiger partial charge is 0.271 e. The highest BCUT2D eigenvalue weighted by molar-refractivity contribution is 5.92. The Morgan fingerprint density at radius 3 is 2.86 bits per heavy atom.